The van der Waals surface area contributed by atoms with Gasteiger partial charge in [0.1, 0.15) is 0 Å². The van der Waals surface area contributed by atoms with Gasteiger partial charge in [0.25, 0.3) is 5.91 Å². The molecule has 0 radical (unpaired) electrons. The number of benzene rings is 1. The molecule has 1 aliphatic rings. The number of hydrogen-bond acceptors (Lipinski definition) is 7. The second-order valence-electron chi connectivity index (χ2n) is 4.59. The van der Waals surface area contributed by atoms with Gasteiger partial charge in [0.15, 0.2) is 4.34 Å². The van der Waals surface area contributed by atoms with E-state index in [0.29, 0.717) is 12.3 Å². The summed E-state index contributed by atoms with van der Waals surface area (Å²) < 4.78 is 0.782. The molecule has 0 fully saturated rings. The average molecular weight is 333 g/mol. The predicted octanol–water partition coefficient (Wildman–Crippen LogP) is 2.31. The SMILES string of the molecule is CNc1nnc(SCC(=O)N2CCC(c3ccccc3)=N2)s1. The number of rotatable bonds is 5. The number of aromatic nitrogens is 2. The fraction of sp³-hybridized carbons (Fsp3) is 0.286. The molecule has 0 bridgehead atoms. The molecule has 1 amide bonds. The Morgan fingerprint density at radius 1 is 1.36 bits per heavy atom. The molecule has 0 saturated heterocycles. The Hall–Kier alpha value is -1.93. The fourth-order valence-electron chi connectivity index (χ4n) is 2.04. The lowest BCUT2D eigenvalue weighted by atomic mass is 10.1. The number of hydrogen-bond donors (Lipinski definition) is 1. The lowest BCUT2D eigenvalue weighted by Gasteiger charge is -2.09. The minimum absolute atomic E-state index is 0.00265. The van der Waals surface area contributed by atoms with E-state index in [2.05, 4.69) is 20.6 Å². The number of anilines is 1. The van der Waals surface area contributed by atoms with Crippen molar-refractivity contribution in [3.05, 3.63) is 35.9 Å². The minimum Gasteiger partial charge on any atom is -0.363 e. The van der Waals surface area contributed by atoms with Crippen LogP contribution in [0.4, 0.5) is 5.13 Å². The van der Waals surface area contributed by atoms with E-state index in [1.807, 2.05) is 30.3 Å². The molecule has 22 heavy (non-hydrogen) atoms. The van der Waals surface area contributed by atoms with Gasteiger partial charge in [0.2, 0.25) is 5.13 Å². The Morgan fingerprint density at radius 2 is 2.18 bits per heavy atom. The fourth-order valence-corrected chi connectivity index (χ4v) is 3.61. The van der Waals surface area contributed by atoms with E-state index in [9.17, 15) is 4.79 Å². The van der Waals surface area contributed by atoms with E-state index in [1.165, 1.54) is 23.1 Å². The van der Waals surface area contributed by atoms with E-state index in [-0.39, 0.29) is 5.91 Å². The van der Waals surface area contributed by atoms with Gasteiger partial charge in [-0.15, -0.1) is 10.2 Å². The Bertz CT molecular complexity index is 686. The highest BCUT2D eigenvalue weighted by Crippen LogP contribution is 2.25. The van der Waals surface area contributed by atoms with Crippen molar-refractivity contribution in [2.24, 2.45) is 5.10 Å². The van der Waals surface area contributed by atoms with Crippen LogP contribution < -0.4 is 5.32 Å². The molecule has 6 nitrogen and oxygen atoms in total. The summed E-state index contributed by atoms with van der Waals surface area (Å²) in [7, 11) is 1.80. The third-order valence-corrected chi connectivity index (χ3v) is 5.20. The smallest absolute Gasteiger partial charge is 0.253 e. The topological polar surface area (TPSA) is 70.5 Å². The Balaban J connectivity index is 1.58. The number of hydrazone groups is 1. The van der Waals surface area contributed by atoms with Crippen LogP contribution in [0.15, 0.2) is 39.8 Å². The average Bonchev–Trinajstić information content (AvgIpc) is 3.22. The molecular weight excluding hydrogens is 318 g/mol. The van der Waals surface area contributed by atoms with Crippen molar-refractivity contribution >= 4 is 39.8 Å². The van der Waals surface area contributed by atoms with Gasteiger partial charge < -0.3 is 5.32 Å². The Morgan fingerprint density at radius 3 is 2.91 bits per heavy atom. The molecule has 1 aliphatic heterocycles. The highest BCUT2D eigenvalue weighted by molar-refractivity contribution is 8.01. The molecule has 1 aromatic carbocycles. The van der Waals surface area contributed by atoms with Crippen LogP contribution >= 0.6 is 23.1 Å². The van der Waals surface area contributed by atoms with Crippen molar-refractivity contribution in [2.75, 3.05) is 24.7 Å². The molecule has 0 atom stereocenters. The summed E-state index contributed by atoms with van der Waals surface area (Å²) in [6, 6.07) is 9.96. The normalized spacial score (nSPS) is 14.0. The molecule has 0 unspecified atom stereocenters. The first-order chi connectivity index (χ1) is 10.8. The molecule has 2 heterocycles. The second-order valence-corrected chi connectivity index (χ2v) is 6.79. The second kappa shape index (κ2) is 6.89. The van der Waals surface area contributed by atoms with Crippen LogP contribution in [0.5, 0.6) is 0 Å². The molecule has 8 heteroatoms. The van der Waals surface area contributed by atoms with E-state index < -0.39 is 0 Å². The summed E-state index contributed by atoms with van der Waals surface area (Å²) in [5.74, 6) is 0.321. The van der Waals surface area contributed by atoms with E-state index in [4.69, 9.17) is 0 Å². The first kappa shape index (κ1) is 15.0. The van der Waals surface area contributed by atoms with Gasteiger partial charge in [-0.05, 0) is 5.56 Å². The summed E-state index contributed by atoms with van der Waals surface area (Å²) in [5.41, 5.74) is 2.04. The van der Waals surface area contributed by atoms with Crippen molar-refractivity contribution in [1.82, 2.24) is 15.2 Å². The van der Waals surface area contributed by atoms with Gasteiger partial charge in [-0.1, -0.05) is 53.4 Å². The van der Waals surface area contributed by atoms with Crippen LogP contribution in [0.1, 0.15) is 12.0 Å². The first-order valence-electron chi connectivity index (χ1n) is 6.83. The van der Waals surface area contributed by atoms with Gasteiger partial charge >= 0.3 is 0 Å². The maximum atomic E-state index is 12.2. The third kappa shape index (κ3) is 3.45. The third-order valence-electron chi connectivity index (χ3n) is 3.14. The maximum absolute atomic E-state index is 12.2. The number of amides is 1. The highest BCUT2D eigenvalue weighted by Gasteiger charge is 2.21. The van der Waals surface area contributed by atoms with Gasteiger partial charge in [-0.25, -0.2) is 5.01 Å². The zero-order valence-corrected chi connectivity index (χ0v) is 13.7. The van der Waals surface area contributed by atoms with Crippen molar-refractivity contribution in [2.45, 2.75) is 10.8 Å². The number of carbonyl (C=O) groups excluding carboxylic acids is 1. The minimum atomic E-state index is -0.00265. The summed E-state index contributed by atoms with van der Waals surface area (Å²) in [4.78, 5) is 12.2. The lowest BCUT2D eigenvalue weighted by molar-refractivity contribution is -0.127. The molecule has 114 valence electrons. The van der Waals surface area contributed by atoms with E-state index in [0.717, 1.165) is 27.2 Å². The number of thioether (sulfide) groups is 1. The van der Waals surface area contributed by atoms with Crippen LogP contribution in [0.25, 0.3) is 0 Å². The largest absolute Gasteiger partial charge is 0.363 e. The van der Waals surface area contributed by atoms with Crippen molar-refractivity contribution in [1.29, 1.82) is 0 Å². The molecule has 1 N–H and O–H groups in total. The highest BCUT2D eigenvalue weighted by atomic mass is 32.2. The predicted molar refractivity (Wildman–Crippen MR) is 89.5 cm³/mol. The molecule has 2 aromatic rings. The van der Waals surface area contributed by atoms with Crippen LogP contribution in [0.3, 0.4) is 0 Å². The lowest BCUT2D eigenvalue weighted by Crippen LogP contribution is -2.25. The Labute approximate surface area is 136 Å². The van der Waals surface area contributed by atoms with Crippen molar-refractivity contribution in [3.63, 3.8) is 0 Å². The molecule has 0 aliphatic carbocycles. The zero-order valence-electron chi connectivity index (χ0n) is 12.0. The standard InChI is InChI=1S/C14H15N5OS2/c1-15-13-16-17-14(22-13)21-9-12(20)19-8-7-11(18-19)10-5-3-2-4-6-10/h2-6H,7-9H2,1H3,(H,15,16). The van der Waals surface area contributed by atoms with Gasteiger partial charge in [-0.3, -0.25) is 4.79 Å². The van der Waals surface area contributed by atoms with Crippen LogP contribution in [0, 0.1) is 0 Å². The van der Waals surface area contributed by atoms with E-state index >= 15 is 0 Å². The summed E-state index contributed by atoms with van der Waals surface area (Å²) >= 11 is 2.83. The maximum Gasteiger partial charge on any atom is 0.253 e. The van der Waals surface area contributed by atoms with Crippen LogP contribution in [-0.2, 0) is 4.79 Å². The first-order valence-corrected chi connectivity index (χ1v) is 8.64. The van der Waals surface area contributed by atoms with Crippen LogP contribution in [0.2, 0.25) is 0 Å². The molecular formula is C14H15N5OS2. The van der Waals surface area contributed by atoms with Crippen LogP contribution in [-0.4, -0.2) is 46.2 Å². The van der Waals surface area contributed by atoms with Crippen molar-refractivity contribution < 1.29 is 4.79 Å². The molecule has 0 spiro atoms. The summed E-state index contributed by atoms with van der Waals surface area (Å²) in [5, 5.41) is 17.6. The number of nitrogens with zero attached hydrogens (tertiary/aromatic N) is 4. The molecule has 1 aromatic heterocycles. The van der Waals surface area contributed by atoms with Gasteiger partial charge in [0.05, 0.1) is 18.0 Å². The van der Waals surface area contributed by atoms with Gasteiger partial charge in [0, 0.05) is 13.5 Å². The quantitative estimate of drug-likeness (QED) is 0.850. The molecule has 0 saturated carbocycles. The number of carbonyl (C=O) groups is 1. The molecule has 3 rings (SSSR count). The Kier molecular flexibility index (Phi) is 4.69. The van der Waals surface area contributed by atoms with Gasteiger partial charge in [-0.2, -0.15) is 5.10 Å². The monoisotopic (exact) mass is 333 g/mol. The van der Waals surface area contributed by atoms with Crippen molar-refractivity contribution in [3.8, 4) is 0 Å². The zero-order chi connectivity index (χ0) is 15.4. The number of nitrogens with one attached hydrogen (secondary N) is 1. The summed E-state index contributed by atoms with van der Waals surface area (Å²) in [6.45, 7) is 0.640. The summed E-state index contributed by atoms with van der Waals surface area (Å²) in [6.07, 6.45) is 0.795. The van der Waals surface area contributed by atoms with E-state index in [1.54, 1.807) is 12.1 Å².